The first-order valence-corrected chi connectivity index (χ1v) is 6.13. The minimum absolute atomic E-state index is 0.177. The van der Waals surface area contributed by atoms with Gasteiger partial charge in [0, 0.05) is 4.47 Å². The van der Waals surface area contributed by atoms with Gasteiger partial charge in [0.15, 0.2) is 5.82 Å². The SMILES string of the molecule is Cc1ccc(F)c(Nc2ccc(Br)c(C)n2)c1F. The second-order valence-electron chi connectivity index (χ2n) is 3.94. The van der Waals surface area contributed by atoms with Gasteiger partial charge in [-0.3, -0.25) is 0 Å². The highest BCUT2D eigenvalue weighted by molar-refractivity contribution is 9.10. The van der Waals surface area contributed by atoms with Crippen LogP contribution in [0.3, 0.4) is 0 Å². The van der Waals surface area contributed by atoms with Crippen LogP contribution in [0.1, 0.15) is 11.3 Å². The molecule has 0 saturated carbocycles. The maximum atomic E-state index is 13.8. The lowest BCUT2D eigenvalue weighted by Crippen LogP contribution is -2.01. The predicted octanol–water partition coefficient (Wildman–Crippen LogP) is 4.48. The van der Waals surface area contributed by atoms with Crippen molar-refractivity contribution in [3.63, 3.8) is 0 Å². The molecule has 0 aliphatic carbocycles. The van der Waals surface area contributed by atoms with Crippen molar-refractivity contribution in [3.8, 4) is 0 Å². The zero-order valence-corrected chi connectivity index (χ0v) is 11.5. The normalized spacial score (nSPS) is 10.5. The maximum absolute atomic E-state index is 13.8. The van der Waals surface area contributed by atoms with Crippen molar-refractivity contribution in [1.29, 1.82) is 0 Å². The van der Waals surface area contributed by atoms with E-state index in [9.17, 15) is 8.78 Å². The molecule has 0 bridgehead atoms. The Hall–Kier alpha value is -1.49. The molecule has 0 aliphatic rings. The molecule has 0 saturated heterocycles. The first-order chi connectivity index (χ1) is 8.49. The Labute approximate surface area is 112 Å². The molecule has 1 aromatic heterocycles. The third-order valence-corrected chi connectivity index (χ3v) is 3.40. The molecule has 5 heteroatoms. The maximum Gasteiger partial charge on any atom is 0.152 e. The third kappa shape index (κ3) is 2.51. The lowest BCUT2D eigenvalue weighted by atomic mass is 10.2. The average molecular weight is 313 g/mol. The Kier molecular flexibility index (Phi) is 3.61. The lowest BCUT2D eigenvalue weighted by molar-refractivity contribution is 0.584. The quantitative estimate of drug-likeness (QED) is 0.884. The Balaban J connectivity index is 2.39. The number of aromatic nitrogens is 1. The summed E-state index contributed by atoms with van der Waals surface area (Å²) in [5, 5.41) is 2.67. The van der Waals surface area contributed by atoms with E-state index in [-0.39, 0.29) is 5.69 Å². The monoisotopic (exact) mass is 312 g/mol. The van der Waals surface area contributed by atoms with E-state index in [0.29, 0.717) is 11.4 Å². The van der Waals surface area contributed by atoms with Crippen molar-refractivity contribution in [1.82, 2.24) is 4.98 Å². The van der Waals surface area contributed by atoms with Gasteiger partial charge in [0.05, 0.1) is 5.69 Å². The van der Waals surface area contributed by atoms with Crippen molar-refractivity contribution >= 4 is 27.4 Å². The third-order valence-electron chi connectivity index (χ3n) is 2.56. The fraction of sp³-hybridized carbons (Fsp3) is 0.154. The number of hydrogen-bond donors (Lipinski definition) is 1. The van der Waals surface area contributed by atoms with Gasteiger partial charge in [0.25, 0.3) is 0 Å². The van der Waals surface area contributed by atoms with Gasteiger partial charge in [-0.2, -0.15) is 0 Å². The molecule has 0 radical (unpaired) electrons. The van der Waals surface area contributed by atoms with E-state index in [1.807, 2.05) is 0 Å². The fourth-order valence-corrected chi connectivity index (χ4v) is 1.73. The summed E-state index contributed by atoms with van der Waals surface area (Å²) in [7, 11) is 0. The molecule has 0 spiro atoms. The Morgan fingerprint density at radius 1 is 1.11 bits per heavy atom. The first kappa shape index (κ1) is 13.0. The molecule has 18 heavy (non-hydrogen) atoms. The zero-order chi connectivity index (χ0) is 13.3. The molecular weight excluding hydrogens is 302 g/mol. The summed E-state index contributed by atoms with van der Waals surface area (Å²) in [5.41, 5.74) is 0.949. The van der Waals surface area contributed by atoms with Crippen LogP contribution in [0.15, 0.2) is 28.7 Å². The minimum atomic E-state index is -0.638. The van der Waals surface area contributed by atoms with E-state index in [2.05, 4.69) is 26.2 Å². The Morgan fingerprint density at radius 2 is 1.83 bits per heavy atom. The average Bonchev–Trinajstić information content (AvgIpc) is 2.34. The van der Waals surface area contributed by atoms with Crippen LogP contribution in [0.5, 0.6) is 0 Å². The fourth-order valence-electron chi connectivity index (χ4n) is 1.51. The van der Waals surface area contributed by atoms with Crippen molar-refractivity contribution in [3.05, 3.63) is 51.6 Å². The van der Waals surface area contributed by atoms with E-state index in [0.717, 1.165) is 10.2 Å². The molecule has 2 nitrogen and oxygen atoms in total. The van der Waals surface area contributed by atoms with Gasteiger partial charge in [-0.25, -0.2) is 13.8 Å². The number of pyridine rings is 1. The van der Waals surface area contributed by atoms with Crippen molar-refractivity contribution in [2.24, 2.45) is 0 Å². The molecule has 1 aromatic carbocycles. The lowest BCUT2D eigenvalue weighted by Gasteiger charge is -2.10. The van der Waals surface area contributed by atoms with Crippen LogP contribution >= 0.6 is 15.9 Å². The number of rotatable bonds is 2. The summed E-state index contributed by atoms with van der Waals surface area (Å²) in [4.78, 5) is 4.19. The van der Waals surface area contributed by atoms with Crippen molar-refractivity contribution in [2.45, 2.75) is 13.8 Å². The number of halogens is 3. The highest BCUT2D eigenvalue weighted by Crippen LogP contribution is 2.25. The summed E-state index contributed by atoms with van der Waals surface area (Å²) >= 11 is 3.32. The second kappa shape index (κ2) is 5.02. The topological polar surface area (TPSA) is 24.9 Å². The van der Waals surface area contributed by atoms with E-state index in [1.54, 1.807) is 26.0 Å². The zero-order valence-electron chi connectivity index (χ0n) is 9.89. The molecule has 0 amide bonds. The molecule has 0 unspecified atom stereocenters. The Bertz CT molecular complexity index is 600. The molecule has 0 atom stereocenters. The van der Waals surface area contributed by atoms with Crippen molar-refractivity contribution < 1.29 is 8.78 Å². The van der Waals surface area contributed by atoms with Crippen LogP contribution in [-0.2, 0) is 0 Å². The number of nitrogens with zero attached hydrogens (tertiary/aromatic N) is 1. The molecule has 2 rings (SSSR count). The van der Waals surface area contributed by atoms with E-state index in [4.69, 9.17) is 0 Å². The highest BCUT2D eigenvalue weighted by Gasteiger charge is 2.12. The molecule has 0 fully saturated rings. The molecule has 2 aromatic rings. The van der Waals surface area contributed by atoms with Crippen LogP contribution in [0.2, 0.25) is 0 Å². The molecule has 1 N–H and O–H groups in total. The largest absolute Gasteiger partial charge is 0.335 e. The van der Waals surface area contributed by atoms with Gasteiger partial charge in [-0.1, -0.05) is 6.07 Å². The molecule has 0 aliphatic heterocycles. The van der Waals surface area contributed by atoms with Crippen LogP contribution in [-0.4, -0.2) is 4.98 Å². The van der Waals surface area contributed by atoms with Crippen molar-refractivity contribution in [2.75, 3.05) is 5.32 Å². The van der Waals surface area contributed by atoms with Crippen LogP contribution in [0, 0.1) is 25.5 Å². The highest BCUT2D eigenvalue weighted by atomic mass is 79.9. The number of nitrogens with one attached hydrogen (secondary N) is 1. The van der Waals surface area contributed by atoms with Gasteiger partial charge >= 0.3 is 0 Å². The van der Waals surface area contributed by atoms with E-state index in [1.165, 1.54) is 12.1 Å². The Morgan fingerprint density at radius 3 is 2.50 bits per heavy atom. The summed E-state index contributed by atoms with van der Waals surface area (Å²) in [6.07, 6.45) is 0. The van der Waals surface area contributed by atoms with Gasteiger partial charge in [0.1, 0.15) is 17.3 Å². The van der Waals surface area contributed by atoms with E-state index >= 15 is 0 Å². The first-order valence-electron chi connectivity index (χ1n) is 5.34. The van der Waals surface area contributed by atoms with Gasteiger partial charge < -0.3 is 5.32 Å². The smallest absolute Gasteiger partial charge is 0.152 e. The standard InChI is InChI=1S/C13H11BrF2N2/c1-7-3-5-10(15)13(12(7)16)18-11-6-4-9(14)8(2)17-11/h3-6H,1-2H3,(H,17,18). The van der Waals surface area contributed by atoms with Crippen LogP contribution in [0.4, 0.5) is 20.3 Å². The predicted molar refractivity (Wildman–Crippen MR) is 71.1 cm³/mol. The summed E-state index contributed by atoms with van der Waals surface area (Å²) in [5.74, 6) is -0.836. The minimum Gasteiger partial charge on any atom is -0.335 e. The van der Waals surface area contributed by atoms with Gasteiger partial charge in [-0.15, -0.1) is 0 Å². The summed E-state index contributed by atoms with van der Waals surface area (Å²) < 4.78 is 28.2. The molecule has 1 heterocycles. The summed E-state index contributed by atoms with van der Waals surface area (Å²) in [6.45, 7) is 3.39. The van der Waals surface area contributed by atoms with Gasteiger partial charge in [0.2, 0.25) is 0 Å². The number of benzene rings is 1. The number of anilines is 2. The second-order valence-corrected chi connectivity index (χ2v) is 4.80. The van der Waals surface area contributed by atoms with E-state index < -0.39 is 11.6 Å². The van der Waals surface area contributed by atoms with Crippen LogP contribution < -0.4 is 5.32 Å². The number of hydrogen-bond acceptors (Lipinski definition) is 2. The molecule has 94 valence electrons. The molecular formula is C13H11BrF2N2. The summed E-state index contributed by atoms with van der Waals surface area (Å²) in [6, 6.07) is 6.05. The number of aryl methyl sites for hydroxylation is 2. The van der Waals surface area contributed by atoms with Gasteiger partial charge in [-0.05, 0) is 53.5 Å². The van der Waals surface area contributed by atoms with Crippen LogP contribution in [0.25, 0.3) is 0 Å².